The van der Waals surface area contributed by atoms with Crippen LogP contribution < -0.4 is 4.90 Å². The molecule has 0 N–H and O–H groups in total. The number of nitrogens with zero attached hydrogens (tertiary/aromatic N) is 2. The Hall–Kier alpha value is -2.03. The summed E-state index contributed by atoms with van der Waals surface area (Å²) in [5.74, 6) is -1.05. The van der Waals surface area contributed by atoms with Crippen molar-refractivity contribution in [3.63, 3.8) is 0 Å². The summed E-state index contributed by atoms with van der Waals surface area (Å²) >= 11 is 7.17. The monoisotopic (exact) mass is 468 g/mol. The normalized spacial score (nSPS) is 15.5. The number of aryl methyl sites for hydroxylation is 1. The molecule has 2 heterocycles. The van der Waals surface area contributed by atoms with Crippen LogP contribution in [0.3, 0.4) is 0 Å². The quantitative estimate of drug-likeness (QED) is 0.507. The van der Waals surface area contributed by atoms with E-state index >= 15 is 0 Å². The van der Waals surface area contributed by atoms with Gasteiger partial charge in [0.05, 0.1) is 20.9 Å². The zero-order valence-corrected chi connectivity index (χ0v) is 18.5. The smallest absolute Gasteiger partial charge is 0.185 e. The van der Waals surface area contributed by atoms with Crippen LogP contribution in [0.2, 0.25) is 5.02 Å². The zero-order valence-electron chi connectivity index (χ0n) is 16.1. The minimum atomic E-state index is -3.61. The highest BCUT2D eigenvalue weighted by Gasteiger charge is 2.33. The van der Waals surface area contributed by atoms with E-state index in [1.807, 2.05) is 10.3 Å². The lowest BCUT2D eigenvalue weighted by atomic mass is 10.1. The molecule has 0 bridgehead atoms. The summed E-state index contributed by atoms with van der Waals surface area (Å²) in [5.41, 5.74) is 1.84. The second-order valence-corrected chi connectivity index (χ2v) is 10.7. The summed E-state index contributed by atoms with van der Waals surface area (Å²) in [6, 6.07) is 8.43. The molecular formula is C21H19ClF2N2O2S2. The molecule has 0 spiro atoms. The van der Waals surface area contributed by atoms with Crippen LogP contribution in [0.15, 0.2) is 46.7 Å². The second kappa shape index (κ2) is 8.24. The molecule has 9 heteroatoms. The molecule has 0 radical (unpaired) electrons. The van der Waals surface area contributed by atoms with Crippen LogP contribution in [0.5, 0.6) is 0 Å². The highest BCUT2D eigenvalue weighted by atomic mass is 35.5. The van der Waals surface area contributed by atoms with E-state index in [0.29, 0.717) is 42.8 Å². The number of hydrogen-bond acceptors (Lipinski definition) is 5. The van der Waals surface area contributed by atoms with Gasteiger partial charge in [0.2, 0.25) is 0 Å². The number of aromatic nitrogens is 1. The van der Waals surface area contributed by atoms with Gasteiger partial charge in [0.15, 0.2) is 15.0 Å². The maximum Gasteiger partial charge on any atom is 0.185 e. The lowest BCUT2D eigenvalue weighted by molar-refractivity contribution is 0.528. The van der Waals surface area contributed by atoms with Crippen LogP contribution in [0.25, 0.3) is 11.3 Å². The molecule has 0 atom stereocenters. The Labute approximate surface area is 183 Å². The fraction of sp³-hybridized carbons (Fsp3) is 0.286. The molecule has 1 aromatic heterocycles. The lowest BCUT2D eigenvalue weighted by Gasteiger charge is -2.31. The number of thiazole rings is 1. The Morgan fingerprint density at radius 3 is 2.57 bits per heavy atom. The van der Waals surface area contributed by atoms with Gasteiger partial charge in [0.25, 0.3) is 0 Å². The SMILES string of the molecule is Cc1ccc(F)cc1S(=O)(=O)C1CCN(c2nc(-c3ccc(Cl)c(F)c3)cs2)CC1. The molecule has 1 fully saturated rings. The molecule has 2 aromatic carbocycles. The van der Waals surface area contributed by atoms with Gasteiger partial charge in [-0.25, -0.2) is 22.2 Å². The maximum absolute atomic E-state index is 13.7. The van der Waals surface area contributed by atoms with Gasteiger partial charge >= 0.3 is 0 Å². The van der Waals surface area contributed by atoms with Crippen LogP contribution in [-0.2, 0) is 9.84 Å². The number of halogens is 3. The maximum atomic E-state index is 13.7. The van der Waals surface area contributed by atoms with E-state index in [9.17, 15) is 17.2 Å². The van der Waals surface area contributed by atoms with Gasteiger partial charge in [0.1, 0.15) is 11.6 Å². The number of sulfone groups is 1. The van der Waals surface area contributed by atoms with E-state index in [-0.39, 0.29) is 9.92 Å². The average molecular weight is 469 g/mol. The minimum absolute atomic E-state index is 0.0611. The molecule has 3 aromatic rings. The molecule has 1 aliphatic heterocycles. The van der Waals surface area contributed by atoms with E-state index in [1.54, 1.807) is 13.0 Å². The highest BCUT2D eigenvalue weighted by molar-refractivity contribution is 7.92. The number of rotatable bonds is 4. The van der Waals surface area contributed by atoms with Gasteiger partial charge < -0.3 is 4.90 Å². The summed E-state index contributed by atoms with van der Waals surface area (Å²) in [6.07, 6.45) is 0.867. The van der Waals surface area contributed by atoms with Crippen molar-refractivity contribution in [3.05, 3.63) is 64.0 Å². The first-order valence-electron chi connectivity index (χ1n) is 9.41. The third-order valence-corrected chi connectivity index (χ3v) is 8.93. The largest absolute Gasteiger partial charge is 0.348 e. The van der Waals surface area contributed by atoms with Crippen molar-refractivity contribution in [1.29, 1.82) is 0 Å². The summed E-state index contributed by atoms with van der Waals surface area (Å²) in [7, 11) is -3.61. The van der Waals surface area contributed by atoms with Crippen molar-refractivity contribution in [2.75, 3.05) is 18.0 Å². The van der Waals surface area contributed by atoms with Gasteiger partial charge in [-0.1, -0.05) is 23.7 Å². The lowest BCUT2D eigenvalue weighted by Crippen LogP contribution is -2.39. The summed E-state index contributed by atoms with van der Waals surface area (Å²) in [4.78, 5) is 6.69. The first-order valence-corrected chi connectivity index (χ1v) is 12.2. The van der Waals surface area contributed by atoms with Gasteiger partial charge in [-0.3, -0.25) is 0 Å². The molecule has 0 saturated carbocycles. The Morgan fingerprint density at radius 1 is 1.13 bits per heavy atom. The van der Waals surface area contributed by atoms with Crippen LogP contribution in [-0.4, -0.2) is 31.7 Å². The zero-order chi connectivity index (χ0) is 21.5. The van der Waals surface area contributed by atoms with E-state index < -0.39 is 26.7 Å². The molecule has 30 heavy (non-hydrogen) atoms. The third kappa shape index (κ3) is 4.08. The van der Waals surface area contributed by atoms with Crippen molar-refractivity contribution in [3.8, 4) is 11.3 Å². The van der Waals surface area contributed by atoms with E-state index in [0.717, 1.165) is 11.2 Å². The van der Waals surface area contributed by atoms with Gasteiger partial charge in [-0.05, 0) is 49.6 Å². The molecule has 1 saturated heterocycles. The number of hydrogen-bond donors (Lipinski definition) is 0. The molecular weight excluding hydrogens is 450 g/mol. The summed E-state index contributed by atoms with van der Waals surface area (Å²) < 4.78 is 53.3. The predicted octanol–water partition coefficient (Wildman–Crippen LogP) is 5.49. The standard InChI is InChI=1S/C21H19ClF2N2O2S2/c1-13-2-4-15(23)11-20(13)30(27,28)16-6-8-26(9-7-16)21-25-19(12-29-21)14-3-5-17(22)18(24)10-14/h2-5,10-12,16H,6-9H2,1H3. The molecule has 158 valence electrons. The fourth-order valence-electron chi connectivity index (χ4n) is 3.61. The Balaban J connectivity index is 1.48. The van der Waals surface area contributed by atoms with Crippen LogP contribution in [0.1, 0.15) is 18.4 Å². The van der Waals surface area contributed by atoms with Crippen molar-refractivity contribution >= 4 is 37.9 Å². The Bertz CT molecular complexity index is 1190. The van der Waals surface area contributed by atoms with Crippen molar-refractivity contribution in [2.24, 2.45) is 0 Å². The van der Waals surface area contributed by atoms with Crippen LogP contribution >= 0.6 is 22.9 Å². The third-order valence-electron chi connectivity index (χ3n) is 5.32. The predicted molar refractivity (Wildman–Crippen MR) is 116 cm³/mol. The topological polar surface area (TPSA) is 50.3 Å². The van der Waals surface area contributed by atoms with E-state index in [4.69, 9.17) is 11.6 Å². The van der Waals surface area contributed by atoms with Crippen molar-refractivity contribution in [1.82, 2.24) is 4.98 Å². The molecule has 0 unspecified atom stereocenters. The van der Waals surface area contributed by atoms with Gasteiger partial charge in [0, 0.05) is 24.0 Å². The fourth-order valence-corrected chi connectivity index (χ4v) is 6.61. The number of piperidine rings is 1. The highest BCUT2D eigenvalue weighted by Crippen LogP contribution is 2.33. The van der Waals surface area contributed by atoms with Crippen LogP contribution in [0.4, 0.5) is 13.9 Å². The van der Waals surface area contributed by atoms with Crippen molar-refractivity contribution < 1.29 is 17.2 Å². The first kappa shape index (κ1) is 21.2. The first-order chi connectivity index (χ1) is 14.3. The van der Waals surface area contributed by atoms with Crippen LogP contribution in [0, 0.1) is 18.6 Å². The molecule has 4 nitrogen and oxygen atoms in total. The van der Waals surface area contributed by atoms with E-state index in [2.05, 4.69) is 4.98 Å². The van der Waals surface area contributed by atoms with Gasteiger partial charge in [-0.2, -0.15) is 0 Å². The van der Waals surface area contributed by atoms with E-state index in [1.165, 1.54) is 35.6 Å². The molecule has 0 amide bonds. The number of anilines is 1. The van der Waals surface area contributed by atoms with Crippen molar-refractivity contribution in [2.45, 2.75) is 29.9 Å². The van der Waals surface area contributed by atoms with Gasteiger partial charge in [-0.15, -0.1) is 11.3 Å². The molecule has 1 aliphatic rings. The number of benzene rings is 2. The second-order valence-electron chi connectivity index (χ2n) is 7.29. The summed E-state index contributed by atoms with van der Waals surface area (Å²) in [5, 5.41) is 2.11. The summed E-state index contributed by atoms with van der Waals surface area (Å²) in [6.45, 7) is 2.73. The Morgan fingerprint density at radius 2 is 1.87 bits per heavy atom. The minimum Gasteiger partial charge on any atom is -0.348 e. The molecule has 0 aliphatic carbocycles. The molecule has 4 rings (SSSR count). The Kier molecular flexibility index (Phi) is 5.83. The average Bonchev–Trinajstić information content (AvgIpc) is 3.22.